The highest BCUT2D eigenvalue weighted by molar-refractivity contribution is 9.10. The quantitative estimate of drug-likeness (QED) is 0.843. The van der Waals surface area contributed by atoms with E-state index in [1.165, 1.54) is 0 Å². The van der Waals surface area contributed by atoms with E-state index in [9.17, 15) is 0 Å². The van der Waals surface area contributed by atoms with E-state index in [0.29, 0.717) is 4.99 Å². The number of halogens is 1. The molecule has 0 aromatic heterocycles. The van der Waals surface area contributed by atoms with Crippen LogP contribution in [-0.4, -0.2) is 12.1 Å². The summed E-state index contributed by atoms with van der Waals surface area (Å²) >= 11 is 8.15. The molecule has 0 fully saturated rings. The van der Waals surface area contributed by atoms with Crippen LogP contribution >= 0.6 is 28.1 Å². The highest BCUT2D eigenvalue weighted by atomic mass is 79.9. The van der Waals surface area contributed by atoms with Crippen molar-refractivity contribution >= 4 is 33.1 Å². The van der Waals surface area contributed by atoms with Crippen LogP contribution in [0.4, 0.5) is 0 Å². The molecule has 78 valence electrons. The summed E-state index contributed by atoms with van der Waals surface area (Å²) in [6.45, 7) is 4.00. The zero-order valence-corrected chi connectivity index (χ0v) is 10.9. The number of methoxy groups -OCH3 is 1. The van der Waals surface area contributed by atoms with Gasteiger partial charge in [-0.05, 0) is 28.1 Å². The summed E-state index contributed by atoms with van der Waals surface area (Å²) in [7, 11) is 1.60. The molecule has 0 aliphatic rings. The van der Waals surface area contributed by atoms with Crippen LogP contribution in [0.1, 0.15) is 19.4 Å². The van der Waals surface area contributed by atoms with Crippen LogP contribution in [-0.2, 0) is 0 Å². The first-order chi connectivity index (χ1) is 6.65. The van der Waals surface area contributed by atoms with E-state index in [4.69, 9.17) is 22.7 Å². The summed E-state index contributed by atoms with van der Waals surface area (Å²) in [5, 5.41) is 0. The van der Waals surface area contributed by atoms with Gasteiger partial charge in [-0.1, -0.05) is 32.1 Å². The molecule has 0 aliphatic carbocycles. The summed E-state index contributed by atoms with van der Waals surface area (Å²) in [6, 6.07) is 5.49. The lowest BCUT2D eigenvalue weighted by molar-refractivity contribution is 0.412. The van der Waals surface area contributed by atoms with Crippen molar-refractivity contribution in [2.45, 2.75) is 13.8 Å². The largest absolute Gasteiger partial charge is 0.496 e. The number of hydrogen-bond donors (Lipinski definition) is 1. The highest BCUT2D eigenvalue weighted by Gasteiger charge is 2.02. The monoisotopic (exact) mass is 275 g/mol. The van der Waals surface area contributed by atoms with Crippen molar-refractivity contribution in [2.24, 2.45) is 5.73 Å². The van der Waals surface area contributed by atoms with Crippen LogP contribution in [0.3, 0.4) is 0 Å². The molecule has 2 nitrogen and oxygen atoms in total. The number of hydrogen-bond acceptors (Lipinski definition) is 2. The molecule has 0 radical (unpaired) electrons. The Kier molecular flexibility index (Phi) is 6.49. The highest BCUT2D eigenvalue weighted by Crippen LogP contribution is 2.25. The fraction of sp³-hybridized carbons (Fsp3) is 0.300. The van der Waals surface area contributed by atoms with Gasteiger partial charge in [0, 0.05) is 5.56 Å². The molecule has 1 rings (SSSR count). The molecule has 0 aliphatic heterocycles. The lowest BCUT2D eigenvalue weighted by Gasteiger charge is -2.04. The van der Waals surface area contributed by atoms with E-state index >= 15 is 0 Å². The van der Waals surface area contributed by atoms with Gasteiger partial charge in [-0.2, -0.15) is 0 Å². The van der Waals surface area contributed by atoms with Crippen LogP contribution in [0.25, 0.3) is 0 Å². The van der Waals surface area contributed by atoms with Gasteiger partial charge in [-0.3, -0.25) is 0 Å². The molecule has 0 saturated heterocycles. The van der Waals surface area contributed by atoms with Gasteiger partial charge in [-0.25, -0.2) is 0 Å². The van der Waals surface area contributed by atoms with E-state index in [-0.39, 0.29) is 0 Å². The number of rotatable bonds is 2. The van der Waals surface area contributed by atoms with Crippen molar-refractivity contribution in [3.63, 3.8) is 0 Å². The smallest absolute Gasteiger partial charge is 0.133 e. The summed E-state index contributed by atoms with van der Waals surface area (Å²) in [4.78, 5) is 0.376. The molecule has 2 N–H and O–H groups in total. The number of benzene rings is 1. The van der Waals surface area contributed by atoms with Crippen molar-refractivity contribution in [2.75, 3.05) is 7.11 Å². The molecule has 1 aromatic rings. The molecule has 0 heterocycles. The number of nitrogens with two attached hydrogens (primary N) is 1. The van der Waals surface area contributed by atoms with E-state index in [1.807, 2.05) is 26.0 Å². The average molecular weight is 276 g/mol. The first-order valence-electron chi connectivity index (χ1n) is 4.28. The lowest BCUT2D eigenvalue weighted by atomic mass is 10.2. The Morgan fingerprint density at radius 3 is 2.43 bits per heavy atom. The summed E-state index contributed by atoms with van der Waals surface area (Å²) < 4.78 is 5.97. The molecule has 0 amide bonds. The minimum Gasteiger partial charge on any atom is -0.496 e. The van der Waals surface area contributed by atoms with Gasteiger partial charge in [0.25, 0.3) is 0 Å². The standard InChI is InChI=1S/C8H8BrNOS.C2H6/c1-11-7-4-5(8(10)12)2-3-6(7)9;1-2/h2-4H,1H3,(H2,10,12);1-2H3. The maximum Gasteiger partial charge on any atom is 0.133 e. The Labute approximate surface area is 98.6 Å². The maximum atomic E-state index is 5.45. The summed E-state index contributed by atoms with van der Waals surface area (Å²) in [6.07, 6.45) is 0. The molecule has 0 saturated carbocycles. The van der Waals surface area contributed by atoms with E-state index < -0.39 is 0 Å². The van der Waals surface area contributed by atoms with Crippen LogP contribution < -0.4 is 10.5 Å². The van der Waals surface area contributed by atoms with Crippen LogP contribution in [0.15, 0.2) is 22.7 Å². The number of thiocarbonyl (C=S) groups is 1. The van der Waals surface area contributed by atoms with Gasteiger partial charge in [0.05, 0.1) is 11.6 Å². The lowest BCUT2D eigenvalue weighted by Crippen LogP contribution is -2.09. The summed E-state index contributed by atoms with van der Waals surface area (Å²) in [5.74, 6) is 0.736. The fourth-order valence-electron chi connectivity index (χ4n) is 0.813. The van der Waals surface area contributed by atoms with Crippen LogP contribution in [0.5, 0.6) is 5.75 Å². The predicted molar refractivity (Wildman–Crippen MR) is 67.9 cm³/mol. The van der Waals surface area contributed by atoms with Crippen molar-refractivity contribution in [1.29, 1.82) is 0 Å². The second-order valence-corrected chi connectivity index (χ2v) is 3.51. The third kappa shape index (κ3) is 3.64. The minimum absolute atomic E-state index is 0.376. The van der Waals surface area contributed by atoms with Crippen LogP contribution in [0, 0.1) is 0 Å². The maximum absolute atomic E-state index is 5.45. The minimum atomic E-state index is 0.376. The first kappa shape index (κ1) is 13.4. The third-order valence-electron chi connectivity index (χ3n) is 1.44. The second kappa shape index (κ2) is 6.79. The zero-order chi connectivity index (χ0) is 11.1. The van der Waals surface area contributed by atoms with Gasteiger partial charge < -0.3 is 10.5 Å². The Morgan fingerprint density at radius 1 is 1.43 bits per heavy atom. The Bertz CT molecular complexity index is 315. The average Bonchev–Trinajstić information content (AvgIpc) is 2.21. The van der Waals surface area contributed by atoms with E-state index in [2.05, 4.69) is 15.9 Å². The van der Waals surface area contributed by atoms with Crippen molar-refractivity contribution in [3.8, 4) is 5.75 Å². The van der Waals surface area contributed by atoms with Crippen molar-refractivity contribution < 1.29 is 4.74 Å². The molecular formula is C10H14BrNOS. The van der Waals surface area contributed by atoms with Gasteiger partial charge >= 0.3 is 0 Å². The molecule has 0 atom stereocenters. The fourth-order valence-corrected chi connectivity index (χ4v) is 1.35. The Morgan fingerprint density at radius 2 is 2.00 bits per heavy atom. The predicted octanol–water partition coefficient (Wildman–Crippen LogP) is 3.12. The molecular weight excluding hydrogens is 262 g/mol. The normalized spacial score (nSPS) is 8.57. The molecule has 14 heavy (non-hydrogen) atoms. The Balaban J connectivity index is 0.000000791. The van der Waals surface area contributed by atoms with Gasteiger partial charge in [0.1, 0.15) is 10.7 Å². The molecule has 0 bridgehead atoms. The van der Waals surface area contributed by atoms with Crippen molar-refractivity contribution in [3.05, 3.63) is 28.2 Å². The third-order valence-corrected chi connectivity index (χ3v) is 2.33. The number of ether oxygens (including phenoxy) is 1. The summed E-state index contributed by atoms with van der Waals surface area (Å²) in [5.41, 5.74) is 6.26. The first-order valence-corrected chi connectivity index (χ1v) is 5.48. The molecule has 0 spiro atoms. The van der Waals surface area contributed by atoms with Gasteiger partial charge in [0.2, 0.25) is 0 Å². The molecule has 4 heteroatoms. The van der Waals surface area contributed by atoms with Gasteiger partial charge in [0.15, 0.2) is 0 Å². The topological polar surface area (TPSA) is 35.2 Å². The zero-order valence-electron chi connectivity index (χ0n) is 8.50. The second-order valence-electron chi connectivity index (χ2n) is 2.21. The SMILES string of the molecule is CC.COc1cc(C(N)=S)ccc1Br. The Hall–Kier alpha value is -0.610. The van der Waals surface area contributed by atoms with E-state index in [1.54, 1.807) is 13.2 Å². The van der Waals surface area contributed by atoms with Crippen LogP contribution in [0.2, 0.25) is 0 Å². The molecule has 1 aromatic carbocycles. The van der Waals surface area contributed by atoms with E-state index in [0.717, 1.165) is 15.8 Å². The molecule has 0 unspecified atom stereocenters. The van der Waals surface area contributed by atoms with Gasteiger partial charge in [-0.15, -0.1) is 0 Å². The van der Waals surface area contributed by atoms with Crippen molar-refractivity contribution in [1.82, 2.24) is 0 Å².